The summed E-state index contributed by atoms with van der Waals surface area (Å²) in [5.74, 6) is 1.66. The second-order valence-corrected chi connectivity index (χ2v) is 11.5. The number of ether oxygens (including phenoxy) is 1. The lowest BCUT2D eigenvalue weighted by Crippen LogP contribution is -2.50. The molecule has 3 fully saturated rings. The van der Waals surface area contributed by atoms with Gasteiger partial charge in [-0.05, 0) is 75.1 Å². The molecule has 208 valence electrons. The Morgan fingerprint density at radius 1 is 0.900 bits per heavy atom. The Morgan fingerprint density at radius 2 is 1.75 bits per heavy atom. The van der Waals surface area contributed by atoms with Crippen LogP contribution >= 0.6 is 0 Å². The van der Waals surface area contributed by atoms with Crippen molar-refractivity contribution in [3.05, 3.63) is 72.2 Å². The number of benzene rings is 1. The van der Waals surface area contributed by atoms with Gasteiger partial charge in [0.25, 0.3) is 0 Å². The number of hydrogen-bond donors (Lipinski definition) is 0. The van der Waals surface area contributed by atoms with Gasteiger partial charge >= 0.3 is 0 Å². The van der Waals surface area contributed by atoms with Crippen LogP contribution in [0.25, 0.3) is 17.0 Å². The third kappa shape index (κ3) is 4.81. The number of pyridine rings is 1. The van der Waals surface area contributed by atoms with E-state index in [0.29, 0.717) is 6.04 Å². The largest absolute Gasteiger partial charge is 0.373 e. The van der Waals surface area contributed by atoms with E-state index < -0.39 is 0 Å². The molecule has 3 aliphatic rings. The van der Waals surface area contributed by atoms with Crippen LogP contribution < -0.4 is 9.80 Å². The van der Waals surface area contributed by atoms with Gasteiger partial charge in [-0.1, -0.05) is 18.2 Å². The van der Waals surface area contributed by atoms with Gasteiger partial charge in [0, 0.05) is 38.8 Å². The van der Waals surface area contributed by atoms with Crippen molar-refractivity contribution < 1.29 is 9.13 Å². The van der Waals surface area contributed by atoms with Crippen LogP contribution in [0, 0.1) is 5.82 Å². The number of nitrogens with zero attached hydrogens (tertiary/aromatic N) is 7. The highest BCUT2D eigenvalue weighted by molar-refractivity contribution is 5.63. The number of imidazole rings is 1. The molecule has 0 spiro atoms. The van der Waals surface area contributed by atoms with Gasteiger partial charge in [-0.3, -0.25) is 4.90 Å². The summed E-state index contributed by atoms with van der Waals surface area (Å²) in [5, 5.41) is 5.02. The molecule has 4 atom stereocenters. The third-order valence-corrected chi connectivity index (χ3v) is 8.58. The minimum atomic E-state index is -0.200. The Kier molecular flexibility index (Phi) is 6.64. The van der Waals surface area contributed by atoms with Gasteiger partial charge in [-0.15, -0.1) is 5.10 Å². The summed E-state index contributed by atoms with van der Waals surface area (Å²) >= 11 is 0. The van der Waals surface area contributed by atoms with Gasteiger partial charge in [0.05, 0.1) is 30.1 Å². The molecule has 0 bridgehead atoms. The Hall–Kier alpha value is -3.56. The van der Waals surface area contributed by atoms with Crippen LogP contribution in [0.5, 0.6) is 0 Å². The van der Waals surface area contributed by atoms with Crippen molar-refractivity contribution in [3.63, 3.8) is 0 Å². The Labute approximate surface area is 234 Å². The molecular weight excluding hydrogens is 505 g/mol. The minimum Gasteiger partial charge on any atom is -0.373 e. The molecule has 3 saturated heterocycles. The van der Waals surface area contributed by atoms with E-state index in [9.17, 15) is 4.39 Å². The maximum atomic E-state index is 14.0. The summed E-state index contributed by atoms with van der Waals surface area (Å²) in [6, 6.07) is 17.8. The average Bonchev–Trinajstić information content (AvgIpc) is 3.72. The van der Waals surface area contributed by atoms with E-state index in [2.05, 4.69) is 45.7 Å². The maximum absolute atomic E-state index is 14.0. The van der Waals surface area contributed by atoms with E-state index >= 15 is 0 Å². The highest BCUT2D eigenvalue weighted by atomic mass is 19.1. The standard InChI is InChI=1S/C31H36FN7O/c1-21-18-37(19-22(2)40-21)25-13-15-36(20-25)30-10-4-8-26(34-30)28-17-33-29-11-12-31(35-39(28)29)38-14-5-9-27(38)23-6-3-7-24(32)16-23/h3-4,6-8,10-12,16-17,21-22,25,27H,5,9,13-15,18-20H2,1-2H3/t21-,22+,25-,27+/m0/s1. The molecule has 6 heterocycles. The molecule has 8 nitrogen and oxygen atoms in total. The topological polar surface area (TPSA) is 62.0 Å². The molecule has 1 aromatic carbocycles. The summed E-state index contributed by atoms with van der Waals surface area (Å²) in [6.45, 7) is 9.16. The monoisotopic (exact) mass is 541 g/mol. The first-order valence-corrected chi connectivity index (χ1v) is 14.5. The molecule has 4 aromatic rings. The second-order valence-electron chi connectivity index (χ2n) is 11.5. The van der Waals surface area contributed by atoms with Crippen LogP contribution in [0.15, 0.2) is 60.8 Å². The van der Waals surface area contributed by atoms with Gasteiger partial charge in [0.15, 0.2) is 5.65 Å². The predicted octanol–water partition coefficient (Wildman–Crippen LogP) is 4.96. The Balaban J connectivity index is 1.14. The molecule has 0 amide bonds. The summed E-state index contributed by atoms with van der Waals surface area (Å²) in [7, 11) is 0. The fraction of sp³-hybridized carbons (Fsp3) is 0.452. The zero-order chi connectivity index (χ0) is 27.2. The quantitative estimate of drug-likeness (QED) is 0.354. The fourth-order valence-corrected chi connectivity index (χ4v) is 6.80. The molecule has 0 N–H and O–H groups in total. The number of hydrogen-bond acceptors (Lipinski definition) is 7. The van der Waals surface area contributed by atoms with Crippen LogP contribution in [0.2, 0.25) is 0 Å². The van der Waals surface area contributed by atoms with Crippen molar-refractivity contribution in [1.82, 2.24) is 24.5 Å². The zero-order valence-corrected chi connectivity index (χ0v) is 23.2. The van der Waals surface area contributed by atoms with Gasteiger partial charge in [-0.25, -0.2) is 18.9 Å². The number of anilines is 2. The molecule has 0 aliphatic carbocycles. The lowest BCUT2D eigenvalue weighted by Gasteiger charge is -2.38. The highest BCUT2D eigenvalue weighted by Gasteiger charge is 2.33. The Bertz CT molecular complexity index is 1500. The highest BCUT2D eigenvalue weighted by Crippen LogP contribution is 2.36. The van der Waals surface area contributed by atoms with Crippen molar-refractivity contribution in [2.24, 2.45) is 0 Å². The summed E-state index contributed by atoms with van der Waals surface area (Å²) in [4.78, 5) is 17.0. The van der Waals surface area contributed by atoms with E-state index in [1.54, 1.807) is 12.1 Å². The molecule has 0 radical (unpaired) electrons. The van der Waals surface area contributed by atoms with E-state index in [0.717, 1.165) is 86.2 Å². The van der Waals surface area contributed by atoms with Crippen LogP contribution in [0.4, 0.5) is 16.0 Å². The summed E-state index contributed by atoms with van der Waals surface area (Å²) < 4.78 is 21.8. The van der Waals surface area contributed by atoms with E-state index in [-0.39, 0.29) is 24.1 Å². The van der Waals surface area contributed by atoms with Crippen LogP contribution in [-0.2, 0) is 4.74 Å². The number of morpholine rings is 1. The van der Waals surface area contributed by atoms with Gasteiger partial charge in [0.1, 0.15) is 23.1 Å². The van der Waals surface area contributed by atoms with Crippen LogP contribution in [0.3, 0.4) is 0 Å². The second kappa shape index (κ2) is 10.4. The van der Waals surface area contributed by atoms with Crippen molar-refractivity contribution in [2.45, 2.75) is 57.4 Å². The normalized spacial score (nSPS) is 25.8. The average molecular weight is 542 g/mol. The molecule has 9 heteroatoms. The number of aromatic nitrogens is 4. The molecule has 0 unspecified atom stereocenters. The molecule has 3 aromatic heterocycles. The van der Waals surface area contributed by atoms with Gasteiger partial charge < -0.3 is 14.5 Å². The SMILES string of the molecule is C[C@@H]1CN([C@H]2CCN(c3cccc(-c4cnc5ccc(N6CCC[C@@H]6c6cccc(F)c6)nn45)n3)C2)C[C@H](C)O1. The van der Waals surface area contributed by atoms with Crippen molar-refractivity contribution in [1.29, 1.82) is 0 Å². The molecule has 7 rings (SSSR count). The fourth-order valence-electron chi connectivity index (χ4n) is 6.80. The number of halogens is 1. The zero-order valence-electron chi connectivity index (χ0n) is 23.2. The smallest absolute Gasteiger partial charge is 0.154 e. The van der Waals surface area contributed by atoms with Gasteiger partial charge in [0.2, 0.25) is 0 Å². The molecular formula is C31H36FN7O. The van der Waals surface area contributed by atoms with Gasteiger partial charge in [-0.2, -0.15) is 0 Å². The number of rotatable bonds is 5. The summed E-state index contributed by atoms with van der Waals surface area (Å²) in [6.07, 6.45) is 5.56. The third-order valence-electron chi connectivity index (χ3n) is 8.58. The summed E-state index contributed by atoms with van der Waals surface area (Å²) in [5.41, 5.74) is 3.50. The predicted molar refractivity (Wildman–Crippen MR) is 154 cm³/mol. The van der Waals surface area contributed by atoms with Crippen molar-refractivity contribution in [3.8, 4) is 11.4 Å². The maximum Gasteiger partial charge on any atom is 0.154 e. The lowest BCUT2D eigenvalue weighted by molar-refractivity contribution is -0.0779. The first-order valence-electron chi connectivity index (χ1n) is 14.5. The molecule has 0 saturated carbocycles. The van der Waals surface area contributed by atoms with Crippen LogP contribution in [-0.4, -0.2) is 75.5 Å². The van der Waals surface area contributed by atoms with Crippen molar-refractivity contribution in [2.75, 3.05) is 42.5 Å². The lowest BCUT2D eigenvalue weighted by atomic mass is 10.0. The van der Waals surface area contributed by atoms with Crippen LogP contribution in [0.1, 0.15) is 44.7 Å². The van der Waals surface area contributed by atoms with Crippen molar-refractivity contribution >= 4 is 17.3 Å². The van der Waals surface area contributed by atoms with E-state index in [1.165, 1.54) is 6.07 Å². The molecule has 40 heavy (non-hydrogen) atoms. The minimum absolute atomic E-state index is 0.106. The van der Waals surface area contributed by atoms with E-state index in [4.69, 9.17) is 14.8 Å². The first-order chi connectivity index (χ1) is 19.5. The van der Waals surface area contributed by atoms with E-state index in [1.807, 2.05) is 35.0 Å². The number of fused-ring (bicyclic) bond motifs is 1. The first kappa shape index (κ1) is 25.4. The molecule has 3 aliphatic heterocycles. The Morgan fingerprint density at radius 3 is 2.60 bits per heavy atom.